The number of thioether (sulfide) groups is 1. The summed E-state index contributed by atoms with van der Waals surface area (Å²) in [6, 6.07) is 8.95. The molecule has 0 unspecified atom stereocenters. The van der Waals surface area contributed by atoms with E-state index in [0.29, 0.717) is 15.7 Å². The molecule has 0 radical (unpaired) electrons. The van der Waals surface area contributed by atoms with Crippen molar-refractivity contribution in [3.05, 3.63) is 57.2 Å². The van der Waals surface area contributed by atoms with Gasteiger partial charge in [-0.05, 0) is 67.6 Å². The zero-order chi connectivity index (χ0) is 18.8. The van der Waals surface area contributed by atoms with E-state index in [2.05, 4.69) is 4.57 Å². The molecule has 1 aliphatic heterocycles. The van der Waals surface area contributed by atoms with Gasteiger partial charge in [-0.3, -0.25) is 14.5 Å². The number of imide groups is 1. The van der Waals surface area contributed by atoms with Crippen LogP contribution in [0.4, 0.5) is 4.79 Å². The number of hydrogen-bond donors (Lipinski definition) is 0. The predicted molar refractivity (Wildman–Crippen MR) is 105 cm³/mol. The number of aromatic nitrogens is 1. The molecule has 0 N–H and O–H groups in total. The van der Waals surface area contributed by atoms with Crippen LogP contribution in [0.1, 0.15) is 17.0 Å². The minimum atomic E-state index is -0.277. The molecule has 1 aliphatic rings. The Labute approximate surface area is 161 Å². The highest BCUT2D eigenvalue weighted by Crippen LogP contribution is 2.33. The molecule has 2 heterocycles. The smallest absolute Gasteiger partial charge is 0.293 e. The summed E-state index contributed by atoms with van der Waals surface area (Å²) in [6.07, 6.45) is 1.79. The van der Waals surface area contributed by atoms with E-state index in [0.717, 1.165) is 28.7 Å². The van der Waals surface area contributed by atoms with E-state index in [1.165, 1.54) is 4.90 Å². The normalized spacial score (nSPS) is 16.0. The third-order valence-electron chi connectivity index (χ3n) is 4.37. The highest BCUT2D eigenvalue weighted by Gasteiger charge is 2.35. The van der Waals surface area contributed by atoms with Crippen molar-refractivity contribution in [3.8, 4) is 5.75 Å². The maximum absolute atomic E-state index is 12.5. The molecule has 1 aromatic carbocycles. The van der Waals surface area contributed by atoms with Crippen LogP contribution in [-0.4, -0.2) is 33.8 Å². The van der Waals surface area contributed by atoms with Crippen LogP contribution in [0.2, 0.25) is 5.02 Å². The Morgan fingerprint density at radius 2 is 1.88 bits per heavy atom. The van der Waals surface area contributed by atoms with E-state index in [1.807, 2.05) is 27.0 Å². The van der Waals surface area contributed by atoms with Crippen LogP contribution in [0.15, 0.2) is 35.2 Å². The third kappa shape index (κ3) is 3.81. The maximum Gasteiger partial charge on any atom is 0.293 e. The first-order valence-electron chi connectivity index (χ1n) is 8.13. The number of aryl methyl sites for hydroxylation is 1. The number of ether oxygens (including phenoxy) is 1. The Morgan fingerprint density at radius 3 is 2.50 bits per heavy atom. The molecule has 136 valence electrons. The minimum absolute atomic E-state index is 0.206. The average Bonchev–Trinajstić information content (AvgIpc) is 3.01. The number of benzene rings is 1. The quantitative estimate of drug-likeness (QED) is 0.709. The van der Waals surface area contributed by atoms with Crippen molar-refractivity contribution in [1.82, 2.24) is 9.47 Å². The fraction of sp³-hybridized carbons (Fsp3) is 0.263. The lowest BCUT2D eigenvalue weighted by atomic mass is 10.2. The molecular formula is C19H19ClN2O3S. The van der Waals surface area contributed by atoms with Gasteiger partial charge in [0.25, 0.3) is 11.1 Å². The van der Waals surface area contributed by atoms with Crippen molar-refractivity contribution in [2.75, 3.05) is 13.2 Å². The number of hydrogen-bond acceptors (Lipinski definition) is 4. The van der Waals surface area contributed by atoms with Gasteiger partial charge in [0.2, 0.25) is 0 Å². The number of carbonyl (C=O) groups is 2. The highest BCUT2D eigenvalue weighted by atomic mass is 35.5. The van der Waals surface area contributed by atoms with Crippen LogP contribution >= 0.6 is 23.4 Å². The lowest BCUT2D eigenvalue weighted by Gasteiger charge is -2.13. The maximum atomic E-state index is 12.5. The largest absolute Gasteiger partial charge is 0.492 e. The lowest BCUT2D eigenvalue weighted by molar-refractivity contribution is -0.123. The summed E-state index contributed by atoms with van der Waals surface area (Å²) >= 11 is 6.79. The molecule has 3 rings (SSSR count). The molecule has 0 aliphatic carbocycles. The Morgan fingerprint density at radius 1 is 1.19 bits per heavy atom. The van der Waals surface area contributed by atoms with Crippen molar-refractivity contribution in [2.45, 2.75) is 13.8 Å². The first-order valence-corrected chi connectivity index (χ1v) is 9.33. The Balaban J connectivity index is 1.65. The first-order chi connectivity index (χ1) is 12.4. The fourth-order valence-electron chi connectivity index (χ4n) is 2.65. The summed E-state index contributed by atoms with van der Waals surface area (Å²) in [5.74, 6) is 0.368. The van der Waals surface area contributed by atoms with Crippen LogP contribution < -0.4 is 4.74 Å². The van der Waals surface area contributed by atoms with Gasteiger partial charge in [0.1, 0.15) is 12.4 Å². The molecule has 7 heteroatoms. The van der Waals surface area contributed by atoms with Crippen LogP contribution in [0.5, 0.6) is 5.75 Å². The van der Waals surface area contributed by atoms with Gasteiger partial charge in [-0.15, -0.1) is 0 Å². The molecule has 0 saturated carbocycles. The molecule has 0 spiro atoms. The Bertz CT molecular complexity index is 887. The number of carbonyl (C=O) groups excluding carboxylic acids is 2. The van der Waals surface area contributed by atoms with Crippen molar-refractivity contribution in [3.63, 3.8) is 0 Å². The van der Waals surface area contributed by atoms with Crippen molar-refractivity contribution >= 4 is 40.6 Å². The highest BCUT2D eigenvalue weighted by molar-refractivity contribution is 8.18. The van der Waals surface area contributed by atoms with Gasteiger partial charge < -0.3 is 9.30 Å². The standard InChI is InChI=1S/C19H19ClN2O3S/c1-12-10-14(13(2)21(12)3)11-17-18(23)22(19(24)26-17)8-9-25-16-6-4-15(20)5-7-16/h4-7,10-11H,8-9H2,1-3H3/b17-11-. The molecule has 0 bridgehead atoms. The molecular weight excluding hydrogens is 372 g/mol. The minimum Gasteiger partial charge on any atom is -0.492 e. The van der Waals surface area contributed by atoms with E-state index in [-0.39, 0.29) is 24.3 Å². The fourth-order valence-corrected chi connectivity index (χ4v) is 3.63. The van der Waals surface area contributed by atoms with Gasteiger partial charge in [0, 0.05) is 23.5 Å². The van der Waals surface area contributed by atoms with Gasteiger partial charge in [-0.1, -0.05) is 11.6 Å². The summed E-state index contributed by atoms with van der Waals surface area (Å²) in [6.45, 7) is 4.43. The number of amides is 2. The summed E-state index contributed by atoms with van der Waals surface area (Å²) in [4.78, 5) is 26.4. The molecule has 1 fully saturated rings. The second kappa shape index (κ2) is 7.60. The molecule has 2 amide bonds. The second-order valence-electron chi connectivity index (χ2n) is 6.02. The average molecular weight is 391 g/mol. The van der Waals surface area contributed by atoms with Crippen LogP contribution in [0.3, 0.4) is 0 Å². The molecule has 26 heavy (non-hydrogen) atoms. The number of nitrogens with zero attached hydrogens (tertiary/aromatic N) is 2. The molecule has 0 atom stereocenters. The van der Waals surface area contributed by atoms with Crippen LogP contribution in [-0.2, 0) is 11.8 Å². The van der Waals surface area contributed by atoms with Gasteiger partial charge in [-0.25, -0.2) is 0 Å². The van der Waals surface area contributed by atoms with E-state index in [9.17, 15) is 9.59 Å². The molecule has 2 aromatic rings. The van der Waals surface area contributed by atoms with Gasteiger partial charge >= 0.3 is 0 Å². The number of rotatable bonds is 5. The second-order valence-corrected chi connectivity index (χ2v) is 7.45. The van der Waals surface area contributed by atoms with E-state index in [1.54, 1.807) is 30.3 Å². The molecule has 5 nitrogen and oxygen atoms in total. The van der Waals surface area contributed by atoms with Crippen LogP contribution in [0, 0.1) is 13.8 Å². The molecule has 1 aromatic heterocycles. The lowest BCUT2D eigenvalue weighted by Crippen LogP contribution is -2.32. The van der Waals surface area contributed by atoms with E-state index in [4.69, 9.17) is 16.3 Å². The third-order valence-corrected chi connectivity index (χ3v) is 5.53. The summed E-state index contributed by atoms with van der Waals surface area (Å²) < 4.78 is 7.63. The zero-order valence-corrected chi connectivity index (χ0v) is 16.4. The van der Waals surface area contributed by atoms with Gasteiger partial charge in [0.05, 0.1) is 11.4 Å². The Hall–Kier alpha value is -2.18. The zero-order valence-electron chi connectivity index (χ0n) is 14.8. The first kappa shape index (κ1) is 18.6. The van der Waals surface area contributed by atoms with E-state index >= 15 is 0 Å². The van der Waals surface area contributed by atoms with Crippen LogP contribution in [0.25, 0.3) is 6.08 Å². The Kier molecular flexibility index (Phi) is 5.44. The van der Waals surface area contributed by atoms with Crippen molar-refractivity contribution in [2.24, 2.45) is 7.05 Å². The van der Waals surface area contributed by atoms with E-state index < -0.39 is 0 Å². The number of halogens is 1. The van der Waals surface area contributed by atoms with Crippen molar-refractivity contribution in [1.29, 1.82) is 0 Å². The van der Waals surface area contributed by atoms with Gasteiger partial charge in [0.15, 0.2) is 0 Å². The van der Waals surface area contributed by atoms with Gasteiger partial charge in [-0.2, -0.15) is 0 Å². The SMILES string of the molecule is Cc1cc(/C=C2\SC(=O)N(CCOc3ccc(Cl)cc3)C2=O)c(C)n1C. The monoisotopic (exact) mass is 390 g/mol. The summed E-state index contributed by atoms with van der Waals surface area (Å²) in [5.41, 5.74) is 3.11. The summed E-state index contributed by atoms with van der Waals surface area (Å²) in [5, 5.41) is 0.353. The van der Waals surface area contributed by atoms with Crippen molar-refractivity contribution < 1.29 is 14.3 Å². The molecule has 1 saturated heterocycles. The topological polar surface area (TPSA) is 51.5 Å². The summed E-state index contributed by atoms with van der Waals surface area (Å²) in [7, 11) is 1.97. The predicted octanol–water partition coefficient (Wildman–Crippen LogP) is 4.41.